The minimum absolute atomic E-state index is 0. The van der Waals surface area contributed by atoms with E-state index in [4.69, 9.17) is 5.73 Å². The smallest absolute Gasteiger partial charge is 0.225 e. The van der Waals surface area contributed by atoms with E-state index in [-0.39, 0.29) is 30.7 Å². The quantitative estimate of drug-likeness (QED) is 0.816. The third-order valence-corrected chi connectivity index (χ3v) is 6.53. The van der Waals surface area contributed by atoms with Gasteiger partial charge < -0.3 is 10.6 Å². The van der Waals surface area contributed by atoms with Crippen molar-refractivity contribution < 1.29 is 4.79 Å². The maximum atomic E-state index is 12.9. The van der Waals surface area contributed by atoms with Crippen molar-refractivity contribution in [3.63, 3.8) is 0 Å². The molecule has 1 aromatic heterocycles. The van der Waals surface area contributed by atoms with E-state index < -0.39 is 0 Å². The molecule has 1 amide bonds. The molecule has 2 aliphatic carbocycles. The van der Waals surface area contributed by atoms with Gasteiger partial charge in [-0.15, -0.1) is 24.8 Å². The molecular formula is C18H30Cl2N4O. The van der Waals surface area contributed by atoms with E-state index in [1.165, 1.54) is 25.0 Å². The zero-order chi connectivity index (χ0) is 15.8. The summed E-state index contributed by atoms with van der Waals surface area (Å²) in [6.45, 7) is 1.78. The van der Waals surface area contributed by atoms with Crippen LogP contribution >= 0.6 is 24.8 Å². The molecule has 4 rings (SSSR count). The maximum absolute atomic E-state index is 12.9. The summed E-state index contributed by atoms with van der Waals surface area (Å²) >= 11 is 0. The molecule has 2 atom stereocenters. The highest BCUT2D eigenvalue weighted by Crippen LogP contribution is 2.42. The Morgan fingerprint density at radius 2 is 1.76 bits per heavy atom. The van der Waals surface area contributed by atoms with Gasteiger partial charge in [-0.3, -0.25) is 9.89 Å². The SMILES string of the molecule is Cl.Cl.NC1C2CCCC1CC(C(=O)N1CCC(c3ccn[nH]3)CC1)C2. The predicted molar refractivity (Wildman–Crippen MR) is 103 cm³/mol. The molecule has 3 aliphatic rings. The Bertz CT molecular complexity index is 531. The number of piperidine rings is 1. The summed E-state index contributed by atoms with van der Waals surface area (Å²) in [7, 11) is 0. The Balaban J connectivity index is 0.00000113. The lowest BCUT2D eigenvalue weighted by Gasteiger charge is -2.45. The minimum Gasteiger partial charge on any atom is -0.342 e. The first-order valence-corrected chi connectivity index (χ1v) is 9.26. The molecule has 1 saturated heterocycles. The molecule has 2 bridgehead atoms. The molecule has 1 aromatic rings. The van der Waals surface area contributed by atoms with Gasteiger partial charge >= 0.3 is 0 Å². The van der Waals surface area contributed by atoms with Crippen molar-refractivity contribution in [1.29, 1.82) is 0 Å². The van der Waals surface area contributed by atoms with Gasteiger partial charge in [0.05, 0.1) is 0 Å². The number of amides is 1. The van der Waals surface area contributed by atoms with E-state index >= 15 is 0 Å². The van der Waals surface area contributed by atoms with Crippen molar-refractivity contribution in [2.75, 3.05) is 13.1 Å². The van der Waals surface area contributed by atoms with Gasteiger partial charge in [0, 0.05) is 42.9 Å². The van der Waals surface area contributed by atoms with Gasteiger partial charge in [-0.25, -0.2) is 0 Å². The van der Waals surface area contributed by atoms with Crippen molar-refractivity contribution in [3.8, 4) is 0 Å². The highest BCUT2D eigenvalue weighted by Gasteiger charge is 2.42. The molecule has 0 aromatic carbocycles. The van der Waals surface area contributed by atoms with Crippen LogP contribution in [0.1, 0.15) is 56.6 Å². The highest BCUT2D eigenvalue weighted by molar-refractivity contribution is 5.85. The molecular weight excluding hydrogens is 359 g/mol. The Morgan fingerprint density at radius 3 is 2.32 bits per heavy atom. The second kappa shape index (κ2) is 8.74. The molecule has 142 valence electrons. The normalized spacial score (nSPS) is 32.4. The van der Waals surface area contributed by atoms with Crippen molar-refractivity contribution >= 4 is 30.7 Å². The van der Waals surface area contributed by atoms with Crippen molar-refractivity contribution in [3.05, 3.63) is 18.0 Å². The number of nitrogens with zero attached hydrogens (tertiary/aromatic N) is 2. The number of carbonyl (C=O) groups excluding carboxylic acids is 1. The minimum atomic E-state index is 0. The number of carbonyl (C=O) groups is 1. The van der Waals surface area contributed by atoms with E-state index in [0.29, 0.717) is 29.7 Å². The lowest BCUT2D eigenvalue weighted by Crippen LogP contribution is -2.50. The number of nitrogens with one attached hydrogen (secondary N) is 1. The van der Waals surface area contributed by atoms with Crippen LogP contribution in [-0.2, 0) is 4.79 Å². The van der Waals surface area contributed by atoms with Gasteiger partial charge in [-0.2, -0.15) is 5.10 Å². The van der Waals surface area contributed by atoms with Gasteiger partial charge in [0.15, 0.2) is 0 Å². The number of likely N-dealkylation sites (tertiary alicyclic amines) is 1. The van der Waals surface area contributed by atoms with Crippen molar-refractivity contribution in [1.82, 2.24) is 15.1 Å². The third kappa shape index (κ3) is 4.15. The van der Waals surface area contributed by atoms with Crippen LogP contribution in [0.4, 0.5) is 0 Å². The van der Waals surface area contributed by atoms with Crippen molar-refractivity contribution in [2.24, 2.45) is 23.5 Å². The number of aromatic nitrogens is 2. The first kappa shape index (κ1) is 20.5. The number of hydrogen-bond donors (Lipinski definition) is 2. The Kier molecular flexibility index (Phi) is 7.18. The number of rotatable bonds is 2. The van der Waals surface area contributed by atoms with Crippen molar-refractivity contribution in [2.45, 2.75) is 56.9 Å². The fourth-order valence-electron chi connectivity index (χ4n) is 5.15. The average Bonchev–Trinajstić information content (AvgIpc) is 3.08. The Labute approximate surface area is 162 Å². The highest BCUT2D eigenvalue weighted by atomic mass is 35.5. The summed E-state index contributed by atoms with van der Waals surface area (Å²) in [5.41, 5.74) is 7.58. The molecule has 7 heteroatoms. The standard InChI is InChI=1S/C18H28N4O.2ClH/c19-17-13-2-1-3-14(17)11-15(10-13)18(23)22-8-5-12(6-9-22)16-4-7-20-21-16;;/h4,7,12-15,17H,1-3,5-6,8-11,19H2,(H,20,21);2*1H. The van der Waals surface area contributed by atoms with Gasteiger partial charge in [0.2, 0.25) is 5.91 Å². The van der Waals surface area contributed by atoms with Gasteiger partial charge in [-0.05, 0) is 56.4 Å². The van der Waals surface area contributed by atoms with E-state index in [9.17, 15) is 4.79 Å². The average molecular weight is 389 g/mol. The fraction of sp³-hybridized carbons (Fsp3) is 0.778. The molecule has 1 aliphatic heterocycles. The summed E-state index contributed by atoms with van der Waals surface area (Å²) in [5.74, 6) is 2.32. The third-order valence-electron chi connectivity index (χ3n) is 6.53. The van der Waals surface area contributed by atoms with E-state index in [0.717, 1.165) is 38.8 Å². The fourth-order valence-corrected chi connectivity index (χ4v) is 5.15. The van der Waals surface area contributed by atoms with Crippen LogP contribution in [0.5, 0.6) is 0 Å². The monoisotopic (exact) mass is 388 g/mol. The molecule has 3 N–H and O–H groups in total. The first-order valence-electron chi connectivity index (χ1n) is 9.26. The molecule has 2 unspecified atom stereocenters. The summed E-state index contributed by atoms with van der Waals surface area (Å²) in [4.78, 5) is 15.1. The zero-order valence-electron chi connectivity index (χ0n) is 14.6. The van der Waals surface area contributed by atoms with Crippen LogP contribution in [0.3, 0.4) is 0 Å². The second-order valence-electron chi connectivity index (χ2n) is 7.81. The van der Waals surface area contributed by atoms with Crippen LogP contribution in [0.2, 0.25) is 0 Å². The molecule has 0 radical (unpaired) electrons. The number of nitrogens with two attached hydrogens (primary N) is 1. The number of fused-ring (bicyclic) bond motifs is 2. The van der Waals surface area contributed by atoms with Gasteiger partial charge in [0.1, 0.15) is 0 Å². The van der Waals surface area contributed by atoms with Crippen LogP contribution in [0.25, 0.3) is 0 Å². The topological polar surface area (TPSA) is 75.0 Å². The molecule has 5 nitrogen and oxygen atoms in total. The molecule has 0 spiro atoms. The summed E-state index contributed by atoms with van der Waals surface area (Å²) in [5, 5.41) is 7.13. The number of hydrogen-bond acceptors (Lipinski definition) is 3. The van der Waals surface area contributed by atoms with Crippen LogP contribution in [-0.4, -0.2) is 40.1 Å². The molecule has 3 fully saturated rings. The summed E-state index contributed by atoms with van der Waals surface area (Å²) < 4.78 is 0. The van der Waals surface area contributed by atoms with Crippen LogP contribution in [0.15, 0.2) is 12.3 Å². The second-order valence-corrected chi connectivity index (χ2v) is 7.81. The van der Waals surface area contributed by atoms with E-state index in [1.807, 2.05) is 6.20 Å². The van der Waals surface area contributed by atoms with E-state index in [1.54, 1.807) is 0 Å². The zero-order valence-corrected chi connectivity index (χ0v) is 16.2. The van der Waals surface area contributed by atoms with Crippen LogP contribution < -0.4 is 5.73 Å². The largest absolute Gasteiger partial charge is 0.342 e. The van der Waals surface area contributed by atoms with E-state index in [2.05, 4.69) is 21.2 Å². The molecule has 25 heavy (non-hydrogen) atoms. The molecule has 2 heterocycles. The molecule has 2 saturated carbocycles. The summed E-state index contributed by atoms with van der Waals surface area (Å²) in [6, 6.07) is 2.41. The lowest BCUT2D eigenvalue weighted by atomic mass is 9.65. The van der Waals surface area contributed by atoms with Gasteiger partial charge in [-0.1, -0.05) is 6.42 Å². The first-order chi connectivity index (χ1) is 11.2. The number of H-pyrrole nitrogens is 1. The predicted octanol–water partition coefficient (Wildman–Crippen LogP) is 3.11. The number of halogens is 2. The Morgan fingerprint density at radius 1 is 1.12 bits per heavy atom. The maximum Gasteiger partial charge on any atom is 0.225 e. The Hall–Kier alpha value is -0.780. The lowest BCUT2D eigenvalue weighted by molar-refractivity contribution is -0.139. The van der Waals surface area contributed by atoms with Crippen LogP contribution in [0, 0.1) is 17.8 Å². The number of aromatic amines is 1. The summed E-state index contributed by atoms with van der Waals surface area (Å²) in [6.07, 6.45) is 9.72. The van der Waals surface area contributed by atoms with Gasteiger partial charge in [0.25, 0.3) is 0 Å².